The highest BCUT2D eigenvalue weighted by Gasteiger charge is 2.07. The van der Waals surface area contributed by atoms with Crippen LogP contribution < -0.4 is 5.73 Å². The molecule has 1 aromatic rings. The molecule has 3 nitrogen and oxygen atoms in total. The zero-order valence-corrected chi connectivity index (χ0v) is 11.9. The van der Waals surface area contributed by atoms with Crippen molar-refractivity contribution in [2.75, 3.05) is 6.61 Å². The molecular formula is C16H25NO2. The summed E-state index contributed by atoms with van der Waals surface area (Å²) >= 11 is 0. The third kappa shape index (κ3) is 6.39. The van der Waals surface area contributed by atoms with Crippen LogP contribution in [0.15, 0.2) is 24.3 Å². The van der Waals surface area contributed by atoms with E-state index >= 15 is 0 Å². The van der Waals surface area contributed by atoms with Crippen molar-refractivity contribution in [3.8, 4) is 0 Å². The van der Waals surface area contributed by atoms with Crippen LogP contribution in [0.5, 0.6) is 0 Å². The van der Waals surface area contributed by atoms with E-state index in [0.717, 1.165) is 24.0 Å². The van der Waals surface area contributed by atoms with E-state index in [9.17, 15) is 4.79 Å². The maximum atomic E-state index is 11.7. The summed E-state index contributed by atoms with van der Waals surface area (Å²) in [5.74, 6) is -0.156. The Morgan fingerprint density at radius 3 is 2.47 bits per heavy atom. The van der Waals surface area contributed by atoms with Gasteiger partial charge in [0.25, 0.3) is 0 Å². The molecule has 0 spiro atoms. The highest BCUT2D eigenvalue weighted by molar-refractivity contribution is 5.73. The van der Waals surface area contributed by atoms with Crippen LogP contribution in [0, 0.1) is 0 Å². The molecule has 0 bridgehead atoms. The van der Waals surface area contributed by atoms with E-state index in [4.69, 9.17) is 10.5 Å². The summed E-state index contributed by atoms with van der Waals surface area (Å²) in [4.78, 5) is 11.7. The summed E-state index contributed by atoms with van der Waals surface area (Å²) < 4.78 is 5.25. The number of nitrogens with two attached hydrogens (primary N) is 1. The lowest BCUT2D eigenvalue weighted by Gasteiger charge is -2.08. The minimum absolute atomic E-state index is 0.156. The van der Waals surface area contributed by atoms with E-state index < -0.39 is 0 Å². The molecule has 19 heavy (non-hydrogen) atoms. The van der Waals surface area contributed by atoms with Gasteiger partial charge in [0.05, 0.1) is 13.0 Å². The van der Waals surface area contributed by atoms with Gasteiger partial charge in [0.2, 0.25) is 0 Å². The molecule has 0 aliphatic carbocycles. The molecule has 0 saturated heterocycles. The zero-order valence-electron chi connectivity index (χ0n) is 11.9. The van der Waals surface area contributed by atoms with Crippen molar-refractivity contribution in [1.82, 2.24) is 0 Å². The molecule has 0 unspecified atom stereocenters. The second kappa shape index (κ2) is 9.56. The van der Waals surface area contributed by atoms with Gasteiger partial charge in [-0.25, -0.2) is 0 Å². The predicted molar refractivity (Wildman–Crippen MR) is 77.8 cm³/mol. The molecular weight excluding hydrogens is 238 g/mol. The maximum Gasteiger partial charge on any atom is 0.310 e. The van der Waals surface area contributed by atoms with Gasteiger partial charge in [-0.1, -0.05) is 56.9 Å². The fraction of sp³-hybridized carbons (Fsp3) is 0.562. The fourth-order valence-corrected chi connectivity index (χ4v) is 2.03. The van der Waals surface area contributed by atoms with Gasteiger partial charge in [0.15, 0.2) is 0 Å². The number of carbonyl (C=O) groups is 1. The molecule has 0 aliphatic heterocycles. The molecule has 106 valence electrons. The third-order valence-corrected chi connectivity index (χ3v) is 3.18. The highest BCUT2D eigenvalue weighted by Crippen LogP contribution is 2.10. The first-order valence-corrected chi connectivity index (χ1v) is 7.20. The molecule has 1 aromatic carbocycles. The van der Waals surface area contributed by atoms with Crippen molar-refractivity contribution in [3.05, 3.63) is 35.4 Å². The molecule has 0 atom stereocenters. The van der Waals surface area contributed by atoms with E-state index in [1.165, 1.54) is 19.3 Å². The molecule has 0 radical (unpaired) electrons. The van der Waals surface area contributed by atoms with Gasteiger partial charge < -0.3 is 10.5 Å². The van der Waals surface area contributed by atoms with Crippen LogP contribution in [0.3, 0.4) is 0 Å². The number of esters is 1. The molecule has 0 amide bonds. The number of hydrogen-bond donors (Lipinski definition) is 1. The van der Waals surface area contributed by atoms with Crippen LogP contribution in [-0.2, 0) is 22.5 Å². The standard InChI is InChI=1S/C16H25NO2/c1-2-3-4-5-8-11-19-16(18)12-14-9-6-7-10-15(14)13-17/h6-7,9-10H,2-5,8,11-13,17H2,1H3. The van der Waals surface area contributed by atoms with Gasteiger partial charge in [-0.15, -0.1) is 0 Å². The number of hydrogen-bond acceptors (Lipinski definition) is 3. The summed E-state index contributed by atoms with van der Waals surface area (Å²) in [6.45, 7) is 3.18. The summed E-state index contributed by atoms with van der Waals surface area (Å²) in [6, 6.07) is 7.75. The monoisotopic (exact) mass is 263 g/mol. The average Bonchev–Trinajstić information content (AvgIpc) is 2.43. The van der Waals surface area contributed by atoms with Gasteiger partial charge >= 0.3 is 5.97 Å². The fourth-order valence-electron chi connectivity index (χ4n) is 2.03. The molecule has 0 saturated carbocycles. The zero-order chi connectivity index (χ0) is 13.9. The minimum Gasteiger partial charge on any atom is -0.465 e. The molecule has 2 N–H and O–H groups in total. The molecule has 3 heteroatoms. The van der Waals surface area contributed by atoms with E-state index in [0.29, 0.717) is 19.6 Å². The first-order chi connectivity index (χ1) is 9.27. The molecule has 0 fully saturated rings. The van der Waals surface area contributed by atoms with E-state index in [-0.39, 0.29) is 5.97 Å². The number of ether oxygens (including phenoxy) is 1. The summed E-state index contributed by atoms with van der Waals surface area (Å²) in [5, 5.41) is 0. The van der Waals surface area contributed by atoms with Crippen LogP contribution in [0.4, 0.5) is 0 Å². The van der Waals surface area contributed by atoms with Crippen molar-refractivity contribution >= 4 is 5.97 Å². The van der Waals surface area contributed by atoms with Gasteiger partial charge in [-0.05, 0) is 17.5 Å². The van der Waals surface area contributed by atoms with Crippen LogP contribution in [0.25, 0.3) is 0 Å². The van der Waals surface area contributed by atoms with Crippen LogP contribution >= 0.6 is 0 Å². The molecule has 0 aromatic heterocycles. The smallest absolute Gasteiger partial charge is 0.310 e. The Bertz CT molecular complexity index is 377. The number of unbranched alkanes of at least 4 members (excludes halogenated alkanes) is 4. The van der Waals surface area contributed by atoms with Gasteiger partial charge in [0, 0.05) is 6.54 Å². The van der Waals surface area contributed by atoms with E-state index in [1.807, 2.05) is 24.3 Å². The van der Waals surface area contributed by atoms with Crippen LogP contribution in [-0.4, -0.2) is 12.6 Å². The average molecular weight is 263 g/mol. The Morgan fingerprint density at radius 1 is 1.11 bits per heavy atom. The minimum atomic E-state index is -0.156. The second-order valence-corrected chi connectivity index (χ2v) is 4.78. The topological polar surface area (TPSA) is 52.3 Å². The summed E-state index contributed by atoms with van der Waals surface area (Å²) in [5.41, 5.74) is 7.63. The third-order valence-electron chi connectivity index (χ3n) is 3.18. The lowest BCUT2D eigenvalue weighted by molar-refractivity contribution is -0.142. The Kier molecular flexibility index (Phi) is 7.91. The lowest BCUT2D eigenvalue weighted by Crippen LogP contribution is -2.11. The van der Waals surface area contributed by atoms with Gasteiger partial charge in [0.1, 0.15) is 0 Å². The normalized spacial score (nSPS) is 10.4. The van der Waals surface area contributed by atoms with Crippen molar-refractivity contribution in [2.45, 2.75) is 52.0 Å². The largest absolute Gasteiger partial charge is 0.465 e. The van der Waals surface area contributed by atoms with Crippen molar-refractivity contribution in [1.29, 1.82) is 0 Å². The second-order valence-electron chi connectivity index (χ2n) is 4.78. The van der Waals surface area contributed by atoms with E-state index in [2.05, 4.69) is 6.92 Å². The van der Waals surface area contributed by atoms with Crippen molar-refractivity contribution in [3.63, 3.8) is 0 Å². The van der Waals surface area contributed by atoms with Crippen molar-refractivity contribution < 1.29 is 9.53 Å². The van der Waals surface area contributed by atoms with Crippen LogP contribution in [0.1, 0.15) is 50.2 Å². The maximum absolute atomic E-state index is 11.7. The molecule has 0 heterocycles. The summed E-state index contributed by atoms with van der Waals surface area (Å²) in [7, 11) is 0. The van der Waals surface area contributed by atoms with Crippen LogP contribution in [0.2, 0.25) is 0 Å². The van der Waals surface area contributed by atoms with Gasteiger partial charge in [-0.3, -0.25) is 4.79 Å². The first kappa shape index (κ1) is 15.7. The van der Waals surface area contributed by atoms with Crippen molar-refractivity contribution in [2.24, 2.45) is 5.73 Å². The van der Waals surface area contributed by atoms with E-state index in [1.54, 1.807) is 0 Å². The quantitative estimate of drug-likeness (QED) is 0.550. The Hall–Kier alpha value is -1.35. The highest BCUT2D eigenvalue weighted by atomic mass is 16.5. The Labute approximate surface area is 116 Å². The summed E-state index contributed by atoms with van der Waals surface area (Å²) in [6.07, 6.45) is 6.14. The predicted octanol–water partition coefficient (Wildman–Crippen LogP) is 3.20. The number of carbonyl (C=O) groups excluding carboxylic acids is 1. The number of benzene rings is 1. The Morgan fingerprint density at radius 2 is 1.79 bits per heavy atom. The molecule has 1 rings (SSSR count). The number of rotatable bonds is 9. The lowest BCUT2D eigenvalue weighted by atomic mass is 10.1. The first-order valence-electron chi connectivity index (χ1n) is 7.20. The SMILES string of the molecule is CCCCCCCOC(=O)Cc1ccccc1CN. The Balaban J connectivity index is 2.23. The van der Waals surface area contributed by atoms with Gasteiger partial charge in [-0.2, -0.15) is 0 Å². The molecule has 0 aliphatic rings.